The topological polar surface area (TPSA) is 49.8 Å². The van der Waals surface area contributed by atoms with Crippen molar-refractivity contribution >= 4 is 5.91 Å². The second-order valence-electron chi connectivity index (χ2n) is 6.38. The molecule has 1 aliphatic carbocycles. The molecule has 21 heavy (non-hydrogen) atoms. The minimum absolute atomic E-state index is 0.0271. The molecule has 2 fully saturated rings. The molecule has 1 aromatic carbocycles. The first-order valence-corrected chi connectivity index (χ1v) is 7.71. The van der Waals surface area contributed by atoms with E-state index in [0.717, 1.165) is 36.3 Å². The smallest absolute Gasteiger partial charge is 0.260 e. The van der Waals surface area contributed by atoms with Crippen LogP contribution in [0.25, 0.3) is 0 Å². The van der Waals surface area contributed by atoms with Crippen LogP contribution in [0.1, 0.15) is 24.0 Å². The fourth-order valence-electron chi connectivity index (χ4n) is 3.69. The van der Waals surface area contributed by atoms with Crippen molar-refractivity contribution in [2.45, 2.75) is 32.8 Å². The normalized spacial score (nSPS) is 27.8. The lowest BCUT2D eigenvalue weighted by atomic mass is 10.00. The number of hydrogen-bond donors (Lipinski definition) is 1. The summed E-state index contributed by atoms with van der Waals surface area (Å²) in [6, 6.07) is 5.97. The van der Waals surface area contributed by atoms with E-state index in [1.165, 1.54) is 0 Å². The maximum absolute atomic E-state index is 12.3. The van der Waals surface area contributed by atoms with Crippen molar-refractivity contribution < 1.29 is 14.6 Å². The summed E-state index contributed by atoms with van der Waals surface area (Å²) in [4.78, 5) is 14.2. The van der Waals surface area contributed by atoms with Gasteiger partial charge in [0, 0.05) is 19.0 Å². The molecule has 0 bridgehead atoms. The predicted molar refractivity (Wildman–Crippen MR) is 80.2 cm³/mol. The van der Waals surface area contributed by atoms with Crippen molar-refractivity contribution in [2.75, 3.05) is 19.7 Å². The summed E-state index contributed by atoms with van der Waals surface area (Å²) in [6.07, 6.45) is 1.69. The number of benzene rings is 1. The largest absolute Gasteiger partial charge is 0.483 e. The zero-order valence-corrected chi connectivity index (χ0v) is 12.7. The lowest BCUT2D eigenvalue weighted by Gasteiger charge is -2.19. The van der Waals surface area contributed by atoms with Crippen LogP contribution in [0, 0.1) is 25.7 Å². The molecule has 4 heteroatoms. The van der Waals surface area contributed by atoms with Crippen LogP contribution in [-0.4, -0.2) is 41.7 Å². The molecule has 1 saturated heterocycles. The van der Waals surface area contributed by atoms with E-state index in [9.17, 15) is 9.90 Å². The highest BCUT2D eigenvalue weighted by atomic mass is 16.5. The lowest BCUT2D eigenvalue weighted by molar-refractivity contribution is -0.132. The predicted octanol–water partition coefficient (Wildman–Crippen LogP) is 1.91. The fraction of sp³-hybridized carbons (Fsp3) is 0.588. The van der Waals surface area contributed by atoms with Gasteiger partial charge in [0.1, 0.15) is 5.75 Å². The first-order chi connectivity index (χ1) is 10.1. The van der Waals surface area contributed by atoms with E-state index < -0.39 is 0 Å². The number of ether oxygens (including phenoxy) is 1. The Morgan fingerprint density at radius 2 is 2.00 bits per heavy atom. The number of carbonyl (C=O) groups excluding carboxylic acids is 1. The summed E-state index contributed by atoms with van der Waals surface area (Å²) in [6.45, 7) is 5.52. The number of para-hydroxylation sites is 1. The fourth-order valence-corrected chi connectivity index (χ4v) is 3.69. The number of carbonyl (C=O) groups is 1. The Kier molecular flexibility index (Phi) is 3.89. The van der Waals surface area contributed by atoms with Gasteiger partial charge in [0.2, 0.25) is 0 Å². The summed E-state index contributed by atoms with van der Waals surface area (Å²) in [5.41, 5.74) is 2.10. The highest BCUT2D eigenvalue weighted by molar-refractivity contribution is 5.78. The second kappa shape index (κ2) is 5.68. The number of aliphatic hydroxyl groups is 1. The summed E-state index contributed by atoms with van der Waals surface area (Å²) >= 11 is 0. The Morgan fingerprint density at radius 3 is 2.67 bits per heavy atom. The Labute approximate surface area is 125 Å². The van der Waals surface area contributed by atoms with Crippen LogP contribution >= 0.6 is 0 Å². The van der Waals surface area contributed by atoms with Gasteiger partial charge in [-0.2, -0.15) is 0 Å². The van der Waals surface area contributed by atoms with Gasteiger partial charge in [0.25, 0.3) is 5.91 Å². The van der Waals surface area contributed by atoms with Crippen LogP contribution in [-0.2, 0) is 4.79 Å². The average Bonchev–Trinajstić information content (AvgIpc) is 3.01. The van der Waals surface area contributed by atoms with Gasteiger partial charge >= 0.3 is 0 Å². The van der Waals surface area contributed by atoms with Crippen molar-refractivity contribution in [1.29, 1.82) is 0 Å². The van der Waals surface area contributed by atoms with Gasteiger partial charge in [0.05, 0.1) is 6.10 Å². The van der Waals surface area contributed by atoms with Crippen LogP contribution in [0.15, 0.2) is 18.2 Å². The van der Waals surface area contributed by atoms with Gasteiger partial charge in [-0.25, -0.2) is 0 Å². The number of aliphatic hydroxyl groups excluding tert-OH is 1. The molecule has 0 spiro atoms. The first-order valence-electron chi connectivity index (χ1n) is 7.71. The SMILES string of the molecule is Cc1cccc(C)c1OCC(=O)N1CC2CCC(O)C2C1. The highest BCUT2D eigenvalue weighted by Gasteiger charge is 2.43. The Bertz CT molecular complexity index is 523. The molecule has 1 heterocycles. The molecule has 1 N–H and O–H groups in total. The number of fused-ring (bicyclic) bond motifs is 1. The summed E-state index contributed by atoms with van der Waals surface area (Å²) < 4.78 is 5.74. The average molecular weight is 289 g/mol. The second-order valence-corrected chi connectivity index (χ2v) is 6.38. The molecule has 0 aromatic heterocycles. The Balaban J connectivity index is 1.58. The maximum Gasteiger partial charge on any atom is 0.260 e. The van der Waals surface area contributed by atoms with Gasteiger partial charge in [-0.05, 0) is 43.7 Å². The number of rotatable bonds is 3. The van der Waals surface area contributed by atoms with Crippen molar-refractivity contribution in [3.63, 3.8) is 0 Å². The molecule has 1 amide bonds. The van der Waals surface area contributed by atoms with Crippen LogP contribution < -0.4 is 4.74 Å². The van der Waals surface area contributed by atoms with E-state index in [1.807, 2.05) is 36.9 Å². The van der Waals surface area contributed by atoms with E-state index in [-0.39, 0.29) is 24.5 Å². The third kappa shape index (κ3) is 2.77. The monoisotopic (exact) mass is 289 g/mol. The van der Waals surface area contributed by atoms with E-state index in [4.69, 9.17) is 4.74 Å². The minimum Gasteiger partial charge on any atom is -0.483 e. The van der Waals surface area contributed by atoms with Gasteiger partial charge in [-0.15, -0.1) is 0 Å². The van der Waals surface area contributed by atoms with Crippen LogP contribution in [0.3, 0.4) is 0 Å². The third-order valence-electron chi connectivity index (χ3n) is 4.92. The Hall–Kier alpha value is -1.55. The quantitative estimate of drug-likeness (QED) is 0.925. The molecule has 3 rings (SSSR count). The highest BCUT2D eigenvalue weighted by Crippen LogP contribution is 2.38. The first kappa shape index (κ1) is 14.4. The van der Waals surface area contributed by atoms with Crippen LogP contribution in [0.5, 0.6) is 5.75 Å². The number of nitrogens with zero attached hydrogens (tertiary/aromatic N) is 1. The summed E-state index contributed by atoms with van der Waals surface area (Å²) in [7, 11) is 0. The van der Waals surface area contributed by atoms with Crippen molar-refractivity contribution in [2.24, 2.45) is 11.8 Å². The molecule has 2 aliphatic rings. The molecule has 3 unspecified atom stereocenters. The zero-order chi connectivity index (χ0) is 15.0. The zero-order valence-electron chi connectivity index (χ0n) is 12.7. The van der Waals surface area contributed by atoms with E-state index >= 15 is 0 Å². The molecule has 1 aromatic rings. The van der Waals surface area contributed by atoms with Crippen LogP contribution in [0.4, 0.5) is 0 Å². The molecule has 1 aliphatic heterocycles. The van der Waals surface area contributed by atoms with E-state index in [2.05, 4.69) is 0 Å². The number of amides is 1. The number of likely N-dealkylation sites (tertiary alicyclic amines) is 1. The Morgan fingerprint density at radius 1 is 1.29 bits per heavy atom. The molecule has 0 radical (unpaired) electrons. The van der Waals surface area contributed by atoms with Crippen molar-refractivity contribution in [1.82, 2.24) is 4.90 Å². The molecule has 4 nitrogen and oxygen atoms in total. The standard InChI is InChI=1S/C17H23NO3/c1-11-4-3-5-12(2)17(11)21-10-16(20)18-8-13-6-7-15(19)14(13)9-18/h3-5,13-15,19H,6-10H2,1-2H3. The van der Waals surface area contributed by atoms with Gasteiger partial charge < -0.3 is 14.7 Å². The number of aryl methyl sites for hydroxylation is 2. The minimum atomic E-state index is -0.229. The molecular weight excluding hydrogens is 266 g/mol. The van der Waals surface area contributed by atoms with Gasteiger partial charge in [-0.1, -0.05) is 18.2 Å². The van der Waals surface area contributed by atoms with Crippen molar-refractivity contribution in [3.05, 3.63) is 29.3 Å². The molecule has 114 valence electrons. The molecular formula is C17H23NO3. The maximum atomic E-state index is 12.3. The van der Waals surface area contributed by atoms with Crippen LogP contribution in [0.2, 0.25) is 0 Å². The van der Waals surface area contributed by atoms with E-state index in [0.29, 0.717) is 12.5 Å². The van der Waals surface area contributed by atoms with E-state index in [1.54, 1.807) is 0 Å². The number of hydrogen-bond acceptors (Lipinski definition) is 3. The van der Waals surface area contributed by atoms with Crippen molar-refractivity contribution in [3.8, 4) is 5.75 Å². The van der Waals surface area contributed by atoms with Gasteiger partial charge in [-0.3, -0.25) is 4.79 Å². The molecule has 3 atom stereocenters. The third-order valence-corrected chi connectivity index (χ3v) is 4.92. The summed E-state index contributed by atoms with van der Waals surface area (Å²) in [5.74, 6) is 1.59. The van der Waals surface area contributed by atoms with Gasteiger partial charge in [0.15, 0.2) is 6.61 Å². The molecule has 1 saturated carbocycles. The lowest BCUT2D eigenvalue weighted by Crippen LogP contribution is -2.34. The summed E-state index contributed by atoms with van der Waals surface area (Å²) in [5, 5.41) is 9.91.